The lowest BCUT2D eigenvalue weighted by atomic mass is 9.95. The third-order valence-electron chi connectivity index (χ3n) is 3.45. The molecule has 18 heavy (non-hydrogen) atoms. The zero-order chi connectivity index (χ0) is 13.0. The molecule has 1 nitrogen and oxygen atoms in total. The van der Waals surface area contributed by atoms with Crippen LogP contribution in [0.4, 0.5) is 4.39 Å². The average molecular weight is 379 g/mol. The lowest BCUT2D eigenvalue weighted by Crippen LogP contribution is -2.35. The van der Waals surface area contributed by atoms with E-state index in [-0.39, 0.29) is 5.82 Å². The van der Waals surface area contributed by atoms with Crippen LogP contribution in [0.1, 0.15) is 24.8 Å². The molecule has 0 radical (unpaired) electrons. The molecule has 2 rings (SSSR count). The number of halogens is 3. The highest BCUT2D eigenvalue weighted by Gasteiger charge is 2.19. The van der Waals surface area contributed by atoms with Crippen LogP contribution in [0.2, 0.25) is 0 Å². The van der Waals surface area contributed by atoms with E-state index in [1.54, 1.807) is 6.07 Å². The molecule has 0 saturated carbocycles. The lowest BCUT2D eigenvalue weighted by molar-refractivity contribution is 0.165. The molecule has 0 N–H and O–H groups in total. The summed E-state index contributed by atoms with van der Waals surface area (Å²) >= 11 is 6.87. The van der Waals surface area contributed by atoms with Gasteiger partial charge in [0.25, 0.3) is 0 Å². The number of hydrogen-bond acceptors (Lipinski definition) is 1. The molecule has 1 saturated heterocycles. The second kappa shape index (κ2) is 7.01. The fourth-order valence-electron chi connectivity index (χ4n) is 2.65. The third kappa shape index (κ3) is 4.32. The van der Waals surface area contributed by atoms with Gasteiger partial charge in [-0.3, -0.25) is 4.90 Å². The molecule has 0 bridgehead atoms. The van der Waals surface area contributed by atoms with Crippen molar-refractivity contribution < 1.29 is 4.39 Å². The highest BCUT2D eigenvalue weighted by atomic mass is 79.9. The van der Waals surface area contributed by atoms with E-state index in [1.807, 2.05) is 6.07 Å². The Hall–Kier alpha value is 0.0700. The first kappa shape index (κ1) is 14.5. The van der Waals surface area contributed by atoms with Crippen LogP contribution in [0.3, 0.4) is 0 Å². The van der Waals surface area contributed by atoms with Gasteiger partial charge in [0.05, 0.1) is 0 Å². The number of piperidine rings is 1. The largest absolute Gasteiger partial charge is 0.299 e. The Morgan fingerprint density at radius 1 is 1.33 bits per heavy atom. The molecule has 1 heterocycles. The highest BCUT2D eigenvalue weighted by Crippen LogP contribution is 2.23. The summed E-state index contributed by atoms with van der Waals surface area (Å²) in [7, 11) is 0. The van der Waals surface area contributed by atoms with Crippen LogP contribution in [-0.4, -0.2) is 23.3 Å². The minimum atomic E-state index is -0.159. The van der Waals surface area contributed by atoms with Crippen LogP contribution in [0.5, 0.6) is 0 Å². The monoisotopic (exact) mass is 377 g/mol. The summed E-state index contributed by atoms with van der Waals surface area (Å²) in [5.74, 6) is 0.628. The Labute approximate surface area is 125 Å². The molecule has 4 heteroatoms. The summed E-state index contributed by atoms with van der Waals surface area (Å²) < 4.78 is 14.2. The molecule has 0 spiro atoms. The van der Waals surface area contributed by atoms with Crippen molar-refractivity contribution in [2.75, 3.05) is 18.4 Å². The van der Waals surface area contributed by atoms with Crippen LogP contribution >= 0.6 is 31.9 Å². The van der Waals surface area contributed by atoms with E-state index in [4.69, 9.17) is 0 Å². The zero-order valence-electron chi connectivity index (χ0n) is 10.3. The number of rotatable bonds is 4. The Morgan fingerprint density at radius 2 is 2.17 bits per heavy atom. The summed E-state index contributed by atoms with van der Waals surface area (Å²) in [6.45, 7) is 3.13. The van der Waals surface area contributed by atoms with E-state index in [1.165, 1.54) is 25.3 Å². The van der Waals surface area contributed by atoms with Gasteiger partial charge >= 0.3 is 0 Å². The fraction of sp³-hybridized carbons (Fsp3) is 0.571. The van der Waals surface area contributed by atoms with Crippen molar-refractivity contribution in [1.29, 1.82) is 0 Å². The molecule has 0 aromatic heterocycles. The first-order valence-corrected chi connectivity index (χ1v) is 8.32. The SMILES string of the molecule is Fc1cc(Br)cc(CN2CCCC(CCBr)C2)c1. The Kier molecular flexibility index (Phi) is 5.64. The minimum absolute atomic E-state index is 0.159. The van der Waals surface area contributed by atoms with Gasteiger partial charge in [0.15, 0.2) is 0 Å². The number of hydrogen-bond donors (Lipinski definition) is 0. The maximum absolute atomic E-state index is 13.3. The third-order valence-corrected chi connectivity index (χ3v) is 4.36. The summed E-state index contributed by atoms with van der Waals surface area (Å²) in [4.78, 5) is 2.44. The highest BCUT2D eigenvalue weighted by molar-refractivity contribution is 9.10. The molecule has 1 aromatic carbocycles. The molecular weight excluding hydrogens is 361 g/mol. The smallest absolute Gasteiger partial charge is 0.124 e. The maximum Gasteiger partial charge on any atom is 0.124 e. The number of likely N-dealkylation sites (tertiary alicyclic amines) is 1. The fourth-order valence-corrected chi connectivity index (χ4v) is 3.81. The van der Waals surface area contributed by atoms with E-state index < -0.39 is 0 Å². The molecule has 0 amide bonds. The first-order valence-electron chi connectivity index (χ1n) is 6.40. The van der Waals surface area contributed by atoms with Crippen LogP contribution in [0, 0.1) is 11.7 Å². The number of nitrogens with zero attached hydrogens (tertiary/aromatic N) is 1. The van der Waals surface area contributed by atoms with Gasteiger partial charge in [-0.1, -0.05) is 31.9 Å². The molecular formula is C14H18Br2FN. The van der Waals surface area contributed by atoms with Crippen molar-refractivity contribution in [1.82, 2.24) is 4.90 Å². The van der Waals surface area contributed by atoms with Gasteiger partial charge in [-0.15, -0.1) is 0 Å². The molecule has 0 aliphatic carbocycles. The van der Waals surface area contributed by atoms with E-state index in [0.29, 0.717) is 0 Å². The van der Waals surface area contributed by atoms with Gasteiger partial charge in [0.1, 0.15) is 5.82 Å². The average Bonchev–Trinajstić information content (AvgIpc) is 2.28. The molecule has 1 aliphatic rings. The van der Waals surface area contributed by atoms with Crippen LogP contribution in [0.25, 0.3) is 0 Å². The van der Waals surface area contributed by atoms with Gasteiger partial charge < -0.3 is 0 Å². The maximum atomic E-state index is 13.3. The number of benzene rings is 1. The van der Waals surface area contributed by atoms with E-state index >= 15 is 0 Å². The molecule has 1 aliphatic heterocycles. The van der Waals surface area contributed by atoms with Crippen LogP contribution in [0.15, 0.2) is 22.7 Å². The zero-order valence-corrected chi connectivity index (χ0v) is 13.5. The van der Waals surface area contributed by atoms with E-state index in [2.05, 4.69) is 36.8 Å². The molecule has 1 unspecified atom stereocenters. The second-order valence-corrected chi connectivity index (χ2v) is 6.71. The van der Waals surface area contributed by atoms with Crippen molar-refractivity contribution >= 4 is 31.9 Å². The van der Waals surface area contributed by atoms with Crippen molar-refractivity contribution in [3.8, 4) is 0 Å². The van der Waals surface area contributed by atoms with Gasteiger partial charge in [-0.05, 0) is 55.5 Å². The van der Waals surface area contributed by atoms with Crippen LogP contribution < -0.4 is 0 Å². The van der Waals surface area contributed by atoms with Crippen molar-refractivity contribution in [3.05, 3.63) is 34.1 Å². The Bertz CT molecular complexity index is 375. The molecule has 1 atom stereocenters. The van der Waals surface area contributed by atoms with Gasteiger partial charge in [0.2, 0.25) is 0 Å². The Balaban J connectivity index is 1.95. The van der Waals surface area contributed by atoms with E-state index in [0.717, 1.165) is 40.9 Å². The summed E-state index contributed by atoms with van der Waals surface area (Å²) in [6, 6.07) is 5.16. The topological polar surface area (TPSA) is 3.24 Å². The Morgan fingerprint density at radius 3 is 2.89 bits per heavy atom. The second-order valence-electron chi connectivity index (χ2n) is 5.00. The quantitative estimate of drug-likeness (QED) is 0.693. The predicted molar refractivity (Wildman–Crippen MR) is 80.5 cm³/mol. The van der Waals surface area contributed by atoms with Gasteiger partial charge in [-0.25, -0.2) is 4.39 Å². The van der Waals surface area contributed by atoms with Crippen molar-refractivity contribution in [3.63, 3.8) is 0 Å². The minimum Gasteiger partial charge on any atom is -0.299 e. The van der Waals surface area contributed by atoms with Crippen molar-refractivity contribution in [2.45, 2.75) is 25.8 Å². The summed E-state index contributed by atoms with van der Waals surface area (Å²) in [6.07, 6.45) is 3.83. The standard InChI is InChI=1S/C14H18Br2FN/c15-4-3-11-2-1-5-18(9-11)10-12-6-13(16)8-14(17)7-12/h6-8,11H,1-5,9-10H2. The number of alkyl halides is 1. The molecule has 1 aromatic rings. The molecule has 100 valence electrons. The van der Waals surface area contributed by atoms with Crippen molar-refractivity contribution in [2.24, 2.45) is 5.92 Å². The lowest BCUT2D eigenvalue weighted by Gasteiger charge is -2.32. The normalized spacial score (nSPS) is 21.2. The molecule has 1 fully saturated rings. The summed E-state index contributed by atoms with van der Waals surface area (Å²) in [5, 5.41) is 1.08. The first-order chi connectivity index (χ1) is 8.67. The van der Waals surface area contributed by atoms with Gasteiger partial charge in [0, 0.05) is 22.9 Å². The van der Waals surface area contributed by atoms with E-state index in [9.17, 15) is 4.39 Å². The van der Waals surface area contributed by atoms with Crippen LogP contribution in [-0.2, 0) is 6.54 Å². The summed E-state index contributed by atoms with van der Waals surface area (Å²) in [5.41, 5.74) is 1.06. The predicted octanol–water partition coefficient (Wildman–Crippen LogP) is 4.59. The van der Waals surface area contributed by atoms with Gasteiger partial charge in [-0.2, -0.15) is 0 Å².